The van der Waals surface area contributed by atoms with Gasteiger partial charge in [-0.25, -0.2) is 4.98 Å². The number of benzene rings is 1. The monoisotopic (exact) mass is 265 g/mol. The zero-order chi connectivity index (χ0) is 14.1. The van der Waals surface area contributed by atoms with Gasteiger partial charge in [0, 0.05) is 11.9 Å². The highest BCUT2D eigenvalue weighted by Crippen LogP contribution is 2.15. The summed E-state index contributed by atoms with van der Waals surface area (Å²) < 4.78 is 1.84. The van der Waals surface area contributed by atoms with Crippen molar-refractivity contribution in [3.63, 3.8) is 0 Å². The molecule has 0 aliphatic rings. The van der Waals surface area contributed by atoms with E-state index in [1.54, 1.807) is 0 Å². The third kappa shape index (κ3) is 2.16. The number of nitrogens with one attached hydrogen (secondary N) is 1. The zero-order valence-electron chi connectivity index (χ0n) is 11.4. The van der Waals surface area contributed by atoms with Gasteiger partial charge in [-0.05, 0) is 37.6 Å². The zero-order valence-corrected chi connectivity index (χ0v) is 11.4. The highest BCUT2D eigenvalue weighted by atomic mass is 16.2. The minimum atomic E-state index is -0.146. The first-order valence-electron chi connectivity index (χ1n) is 6.47. The molecular formula is C16H15N3O. The predicted molar refractivity (Wildman–Crippen MR) is 79.1 cm³/mol. The van der Waals surface area contributed by atoms with Crippen molar-refractivity contribution in [2.45, 2.75) is 13.8 Å². The largest absolute Gasteiger partial charge is 0.321 e. The van der Waals surface area contributed by atoms with Crippen molar-refractivity contribution in [2.75, 3.05) is 5.32 Å². The summed E-state index contributed by atoms with van der Waals surface area (Å²) in [6.07, 6.45) is 1.93. The summed E-state index contributed by atoms with van der Waals surface area (Å²) in [5, 5.41) is 2.90. The number of fused-ring (bicyclic) bond motifs is 1. The Morgan fingerprint density at radius 3 is 2.60 bits per heavy atom. The van der Waals surface area contributed by atoms with E-state index in [1.807, 2.05) is 66.9 Å². The highest BCUT2D eigenvalue weighted by molar-refractivity contribution is 6.04. The van der Waals surface area contributed by atoms with Crippen LogP contribution in [0.5, 0.6) is 0 Å². The Hall–Kier alpha value is -2.62. The van der Waals surface area contributed by atoms with Gasteiger partial charge in [0.2, 0.25) is 0 Å². The highest BCUT2D eigenvalue weighted by Gasteiger charge is 2.16. The van der Waals surface area contributed by atoms with Crippen molar-refractivity contribution < 1.29 is 4.79 Å². The van der Waals surface area contributed by atoms with Gasteiger partial charge in [0.05, 0.1) is 5.69 Å². The van der Waals surface area contributed by atoms with Crippen LogP contribution in [0.25, 0.3) is 5.65 Å². The average Bonchev–Trinajstić information content (AvgIpc) is 2.75. The quantitative estimate of drug-likeness (QED) is 0.773. The Labute approximate surface area is 117 Å². The second-order valence-corrected chi connectivity index (χ2v) is 4.80. The van der Waals surface area contributed by atoms with E-state index >= 15 is 0 Å². The molecule has 0 fully saturated rings. The Morgan fingerprint density at radius 1 is 1.10 bits per heavy atom. The molecule has 0 aliphatic carbocycles. The maximum atomic E-state index is 12.4. The molecular weight excluding hydrogens is 250 g/mol. The molecule has 100 valence electrons. The number of carbonyl (C=O) groups is 1. The van der Waals surface area contributed by atoms with Gasteiger partial charge in [0.1, 0.15) is 11.3 Å². The fourth-order valence-electron chi connectivity index (χ4n) is 2.25. The van der Waals surface area contributed by atoms with Gasteiger partial charge in [-0.2, -0.15) is 0 Å². The summed E-state index contributed by atoms with van der Waals surface area (Å²) in [7, 11) is 0. The molecule has 4 nitrogen and oxygen atoms in total. The smallest absolute Gasteiger partial charge is 0.274 e. The molecule has 1 N–H and O–H groups in total. The van der Waals surface area contributed by atoms with E-state index in [1.165, 1.54) is 0 Å². The van der Waals surface area contributed by atoms with Gasteiger partial charge in [0.15, 0.2) is 0 Å². The van der Waals surface area contributed by atoms with E-state index in [4.69, 9.17) is 0 Å². The number of anilines is 1. The van der Waals surface area contributed by atoms with Gasteiger partial charge in [-0.15, -0.1) is 0 Å². The number of rotatable bonds is 2. The van der Waals surface area contributed by atoms with E-state index in [0.717, 1.165) is 22.6 Å². The van der Waals surface area contributed by atoms with E-state index in [2.05, 4.69) is 10.3 Å². The molecule has 0 radical (unpaired) electrons. The minimum Gasteiger partial charge on any atom is -0.321 e. The van der Waals surface area contributed by atoms with Gasteiger partial charge < -0.3 is 5.32 Å². The number of hydrogen-bond acceptors (Lipinski definition) is 2. The van der Waals surface area contributed by atoms with Crippen LogP contribution >= 0.6 is 0 Å². The van der Waals surface area contributed by atoms with E-state index < -0.39 is 0 Å². The second-order valence-electron chi connectivity index (χ2n) is 4.80. The first kappa shape index (κ1) is 12.4. The van der Waals surface area contributed by atoms with Crippen molar-refractivity contribution in [3.8, 4) is 0 Å². The molecule has 0 aliphatic heterocycles. The lowest BCUT2D eigenvalue weighted by molar-refractivity contribution is 0.102. The molecule has 0 saturated heterocycles. The number of aromatic nitrogens is 2. The van der Waals surface area contributed by atoms with Crippen LogP contribution < -0.4 is 5.32 Å². The van der Waals surface area contributed by atoms with Crippen LogP contribution in [0.3, 0.4) is 0 Å². The van der Waals surface area contributed by atoms with Crippen LogP contribution in [0.4, 0.5) is 5.69 Å². The maximum absolute atomic E-state index is 12.4. The molecule has 0 bridgehead atoms. The lowest BCUT2D eigenvalue weighted by atomic mass is 10.2. The molecule has 3 rings (SSSR count). The Balaban J connectivity index is 2.03. The molecule has 0 saturated carbocycles. The van der Waals surface area contributed by atoms with E-state index in [-0.39, 0.29) is 5.91 Å². The molecule has 4 heteroatoms. The molecule has 3 aromatic rings. The SMILES string of the molecule is Cc1ccc2nc(C)c(C(=O)Nc3ccccc3)n2c1. The number of para-hydroxylation sites is 1. The third-order valence-corrected chi connectivity index (χ3v) is 3.19. The third-order valence-electron chi connectivity index (χ3n) is 3.19. The lowest BCUT2D eigenvalue weighted by Crippen LogP contribution is -2.15. The number of aryl methyl sites for hydroxylation is 2. The van der Waals surface area contributed by atoms with Gasteiger partial charge in [-0.3, -0.25) is 9.20 Å². The number of amides is 1. The fraction of sp³-hybridized carbons (Fsp3) is 0.125. The van der Waals surface area contributed by atoms with Crippen molar-refractivity contribution in [2.24, 2.45) is 0 Å². The van der Waals surface area contributed by atoms with Crippen LogP contribution in [0.15, 0.2) is 48.7 Å². The summed E-state index contributed by atoms with van der Waals surface area (Å²) in [5.41, 5.74) is 3.95. The molecule has 2 aromatic heterocycles. The first-order valence-corrected chi connectivity index (χ1v) is 6.47. The molecule has 1 aromatic carbocycles. The van der Waals surface area contributed by atoms with E-state index in [9.17, 15) is 4.79 Å². The van der Waals surface area contributed by atoms with Crippen LogP contribution in [-0.4, -0.2) is 15.3 Å². The number of hydrogen-bond donors (Lipinski definition) is 1. The van der Waals surface area contributed by atoms with Gasteiger partial charge in [-0.1, -0.05) is 24.3 Å². The van der Waals surface area contributed by atoms with Crippen LogP contribution in [-0.2, 0) is 0 Å². The summed E-state index contributed by atoms with van der Waals surface area (Å²) in [6, 6.07) is 13.3. The van der Waals surface area contributed by atoms with Gasteiger partial charge in [0.25, 0.3) is 5.91 Å². The minimum absolute atomic E-state index is 0.146. The van der Waals surface area contributed by atoms with Crippen LogP contribution in [0, 0.1) is 13.8 Å². The van der Waals surface area contributed by atoms with Crippen molar-refractivity contribution in [1.29, 1.82) is 0 Å². The normalized spacial score (nSPS) is 10.7. The van der Waals surface area contributed by atoms with Crippen molar-refractivity contribution >= 4 is 17.2 Å². The Morgan fingerprint density at radius 2 is 1.85 bits per heavy atom. The molecule has 1 amide bonds. The summed E-state index contributed by atoms with van der Waals surface area (Å²) >= 11 is 0. The predicted octanol–water partition coefficient (Wildman–Crippen LogP) is 3.20. The molecule has 0 spiro atoms. The lowest BCUT2D eigenvalue weighted by Gasteiger charge is -2.06. The first-order chi connectivity index (χ1) is 9.65. The van der Waals surface area contributed by atoms with Gasteiger partial charge >= 0.3 is 0 Å². The molecule has 2 heterocycles. The summed E-state index contributed by atoms with van der Waals surface area (Å²) in [6.45, 7) is 3.84. The Kier molecular flexibility index (Phi) is 2.99. The maximum Gasteiger partial charge on any atom is 0.274 e. The van der Waals surface area contributed by atoms with E-state index in [0.29, 0.717) is 5.69 Å². The Bertz CT molecular complexity index is 775. The number of carbonyl (C=O) groups excluding carboxylic acids is 1. The average molecular weight is 265 g/mol. The molecule has 0 unspecified atom stereocenters. The molecule has 0 atom stereocenters. The standard InChI is InChI=1S/C16H15N3O/c1-11-8-9-14-17-12(2)15(19(14)10-11)16(20)18-13-6-4-3-5-7-13/h3-10H,1-2H3,(H,18,20). The van der Waals surface area contributed by atoms with Crippen LogP contribution in [0.1, 0.15) is 21.7 Å². The topological polar surface area (TPSA) is 46.4 Å². The molecule has 20 heavy (non-hydrogen) atoms. The fourth-order valence-corrected chi connectivity index (χ4v) is 2.25. The van der Waals surface area contributed by atoms with Crippen molar-refractivity contribution in [3.05, 3.63) is 65.6 Å². The summed E-state index contributed by atoms with van der Waals surface area (Å²) in [5.74, 6) is -0.146. The number of nitrogens with zero attached hydrogens (tertiary/aromatic N) is 2. The second kappa shape index (κ2) is 4.81. The van der Waals surface area contributed by atoms with Crippen molar-refractivity contribution in [1.82, 2.24) is 9.38 Å². The summed E-state index contributed by atoms with van der Waals surface area (Å²) in [4.78, 5) is 16.9. The number of pyridine rings is 1. The van der Waals surface area contributed by atoms with Crippen LogP contribution in [0.2, 0.25) is 0 Å². The number of imidazole rings is 1.